The van der Waals surface area contributed by atoms with E-state index >= 15 is 0 Å². The minimum Gasteiger partial charge on any atom is -0.210 e. The van der Waals surface area contributed by atoms with Gasteiger partial charge in [0.2, 0.25) is 0 Å². The van der Waals surface area contributed by atoms with Crippen molar-refractivity contribution < 1.29 is 13.2 Å². The van der Waals surface area contributed by atoms with Crippen LogP contribution in [0.3, 0.4) is 0 Å². The molecule has 6 heteroatoms. The Balaban J connectivity index is 4.61. The number of rotatable bonds is 6. The maximum absolute atomic E-state index is 11.2. The van der Waals surface area contributed by atoms with Crippen molar-refractivity contribution in [3.8, 4) is 0 Å². The van der Waals surface area contributed by atoms with Gasteiger partial charge in [0.1, 0.15) is 0 Å². The van der Waals surface area contributed by atoms with E-state index < -0.39 is 10.2 Å². The first-order chi connectivity index (χ1) is 6.08. The molecule has 0 unspecified atom stereocenters. The number of carbonyl (C=O) groups excluding carboxylic acids is 1. The van der Waals surface area contributed by atoms with E-state index in [4.69, 9.17) is 0 Å². The summed E-state index contributed by atoms with van der Waals surface area (Å²) in [6, 6.07) is 0. The normalized spacial score (nSPS) is 11.3. The number of hydrogen-bond donors (Lipinski definition) is 0. The van der Waals surface area contributed by atoms with Crippen LogP contribution in [-0.2, 0) is 15.0 Å². The number of hydrogen-bond acceptors (Lipinski definition) is 3. The van der Waals surface area contributed by atoms with Crippen LogP contribution in [0.25, 0.3) is 0 Å². The highest BCUT2D eigenvalue weighted by atomic mass is 32.2. The first-order valence-electron chi connectivity index (χ1n) is 4.17. The monoisotopic (exact) mass is 206 g/mol. The van der Waals surface area contributed by atoms with Crippen molar-refractivity contribution in [3.63, 3.8) is 0 Å². The molecule has 0 aromatic rings. The molecule has 0 radical (unpaired) electrons. The molecule has 0 aromatic heterocycles. The Morgan fingerprint density at radius 3 is 2.00 bits per heavy atom. The Morgan fingerprint density at radius 1 is 1.23 bits per heavy atom. The van der Waals surface area contributed by atoms with Crippen molar-refractivity contribution in [2.75, 3.05) is 13.1 Å². The molecule has 0 bridgehead atoms. The molecule has 0 aliphatic rings. The van der Waals surface area contributed by atoms with Gasteiger partial charge in [-0.25, -0.2) is 4.79 Å². The summed E-state index contributed by atoms with van der Waals surface area (Å²) < 4.78 is 26.4. The van der Waals surface area contributed by atoms with E-state index in [1.54, 1.807) is 0 Å². The van der Waals surface area contributed by atoms with E-state index in [0.717, 1.165) is 6.08 Å². The van der Waals surface area contributed by atoms with Crippen LogP contribution in [0.5, 0.6) is 0 Å². The third-order valence-corrected chi connectivity index (χ3v) is 2.75. The van der Waals surface area contributed by atoms with Gasteiger partial charge in [0.25, 0.3) is 6.08 Å². The predicted octanol–water partition coefficient (Wildman–Crippen LogP) is 0.689. The van der Waals surface area contributed by atoms with Gasteiger partial charge in [-0.15, -0.1) is 0 Å². The summed E-state index contributed by atoms with van der Waals surface area (Å²) in [7, 11) is -3.76. The van der Waals surface area contributed by atoms with Gasteiger partial charge in [-0.2, -0.15) is 12.7 Å². The minimum absolute atomic E-state index is 0.390. The fourth-order valence-corrected chi connectivity index (χ4v) is 1.98. The third kappa shape index (κ3) is 4.17. The van der Waals surface area contributed by atoms with Crippen LogP contribution in [0.1, 0.15) is 26.7 Å². The fourth-order valence-electron chi connectivity index (χ4n) is 0.946. The maximum atomic E-state index is 11.2. The van der Waals surface area contributed by atoms with Crippen LogP contribution in [0, 0.1) is 0 Å². The Bertz CT molecular complexity index is 274. The highest BCUT2D eigenvalue weighted by Crippen LogP contribution is 2.04. The summed E-state index contributed by atoms with van der Waals surface area (Å²) in [6.07, 6.45) is 2.45. The van der Waals surface area contributed by atoms with Crippen molar-refractivity contribution in [3.05, 3.63) is 0 Å². The fraction of sp³-hybridized carbons (Fsp3) is 0.857. The average Bonchev–Trinajstić information content (AvgIpc) is 2.04. The highest BCUT2D eigenvalue weighted by Gasteiger charge is 2.18. The van der Waals surface area contributed by atoms with Gasteiger partial charge in [0, 0.05) is 13.1 Å². The van der Waals surface area contributed by atoms with Crippen LogP contribution >= 0.6 is 0 Å². The molecule has 0 aromatic carbocycles. The lowest BCUT2D eigenvalue weighted by molar-refractivity contribution is 0.410. The lowest BCUT2D eigenvalue weighted by atomic mass is 10.4. The van der Waals surface area contributed by atoms with E-state index in [1.165, 1.54) is 4.31 Å². The van der Waals surface area contributed by atoms with Crippen LogP contribution in [0.15, 0.2) is 4.40 Å². The highest BCUT2D eigenvalue weighted by molar-refractivity contribution is 7.87. The van der Waals surface area contributed by atoms with Crippen molar-refractivity contribution in [1.82, 2.24) is 4.31 Å². The van der Waals surface area contributed by atoms with Gasteiger partial charge >= 0.3 is 10.2 Å². The molecular formula is C7H14N2O3S. The molecule has 0 spiro atoms. The van der Waals surface area contributed by atoms with E-state index in [9.17, 15) is 13.2 Å². The van der Waals surface area contributed by atoms with Crippen molar-refractivity contribution in [1.29, 1.82) is 0 Å². The molecule has 0 saturated carbocycles. The molecule has 5 nitrogen and oxygen atoms in total. The zero-order valence-electron chi connectivity index (χ0n) is 7.86. The molecule has 0 rings (SSSR count). The molecule has 0 heterocycles. The topological polar surface area (TPSA) is 66.8 Å². The molecule has 0 aliphatic heterocycles. The van der Waals surface area contributed by atoms with Crippen LogP contribution in [0.2, 0.25) is 0 Å². The van der Waals surface area contributed by atoms with Crippen LogP contribution < -0.4 is 0 Å². The SMILES string of the molecule is CCCN(CCC)S(=O)(=O)N=C=O. The standard InChI is InChI=1S/C7H14N2O3S/c1-3-5-9(6-4-2)13(11,12)8-7-10/h3-6H2,1-2H3. The zero-order chi connectivity index (χ0) is 10.3. The first kappa shape index (κ1) is 12.3. The van der Waals surface area contributed by atoms with Gasteiger partial charge < -0.3 is 0 Å². The molecule has 0 aliphatic carbocycles. The van der Waals surface area contributed by atoms with E-state index in [1.807, 2.05) is 13.8 Å². The minimum atomic E-state index is -3.76. The van der Waals surface area contributed by atoms with Gasteiger partial charge in [0.05, 0.1) is 0 Å². The number of isocyanates is 1. The average molecular weight is 206 g/mol. The Labute approximate surface area is 78.6 Å². The van der Waals surface area contributed by atoms with Crippen molar-refractivity contribution in [2.24, 2.45) is 4.40 Å². The van der Waals surface area contributed by atoms with Gasteiger partial charge in [0.15, 0.2) is 0 Å². The molecule has 0 amide bonds. The third-order valence-electron chi connectivity index (χ3n) is 1.42. The van der Waals surface area contributed by atoms with E-state index in [-0.39, 0.29) is 0 Å². The molecule has 0 saturated heterocycles. The number of nitrogens with zero attached hydrogens (tertiary/aromatic N) is 2. The first-order valence-corrected chi connectivity index (χ1v) is 5.57. The predicted molar refractivity (Wildman–Crippen MR) is 49.2 cm³/mol. The van der Waals surface area contributed by atoms with Gasteiger partial charge in [-0.1, -0.05) is 18.2 Å². The second kappa shape index (κ2) is 5.85. The Hall–Kier alpha value is -0.710. The zero-order valence-corrected chi connectivity index (χ0v) is 8.67. The lowest BCUT2D eigenvalue weighted by Crippen LogP contribution is -2.30. The summed E-state index contributed by atoms with van der Waals surface area (Å²) >= 11 is 0. The molecule has 13 heavy (non-hydrogen) atoms. The van der Waals surface area contributed by atoms with Crippen molar-refractivity contribution >= 4 is 16.3 Å². The van der Waals surface area contributed by atoms with Crippen molar-refractivity contribution in [2.45, 2.75) is 26.7 Å². The Morgan fingerprint density at radius 2 is 1.69 bits per heavy atom. The summed E-state index contributed by atoms with van der Waals surface area (Å²) in [4.78, 5) is 9.84. The Kier molecular flexibility index (Phi) is 5.53. The summed E-state index contributed by atoms with van der Waals surface area (Å²) in [6.45, 7) is 4.51. The second-order valence-electron chi connectivity index (χ2n) is 2.56. The summed E-state index contributed by atoms with van der Waals surface area (Å²) in [5, 5.41) is 0. The second-order valence-corrected chi connectivity index (χ2v) is 4.15. The van der Waals surface area contributed by atoms with E-state index in [0.29, 0.717) is 25.9 Å². The summed E-state index contributed by atoms with van der Waals surface area (Å²) in [5.41, 5.74) is 0. The van der Waals surface area contributed by atoms with Gasteiger partial charge in [-0.3, -0.25) is 0 Å². The van der Waals surface area contributed by atoms with E-state index in [2.05, 4.69) is 4.40 Å². The largest absolute Gasteiger partial charge is 0.332 e. The smallest absolute Gasteiger partial charge is 0.210 e. The lowest BCUT2D eigenvalue weighted by Gasteiger charge is -2.16. The molecule has 0 atom stereocenters. The molecule has 0 N–H and O–H groups in total. The molecule has 76 valence electrons. The van der Waals surface area contributed by atoms with Crippen LogP contribution in [0.4, 0.5) is 0 Å². The van der Waals surface area contributed by atoms with Crippen LogP contribution in [-0.4, -0.2) is 31.9 Å². The molecule has 0 fully saturated rings. The van der Waals surface area contributed by atoms with Gasteiger partial charge in [-0.05, 0) is 12.8 Å². The molecular weight excluding hydrogens is 192 g/mol. The summed E-state index contributed by atoms with van der Waals surface area (Å²) in [5.74, 6) is 0. The maximum Gasteiger partial charge on any atom is 0.332 e. The quantitative estimate of drug-likeness (QED) is 0.474.